The van der Waals surface area contributed by atoms with Gasteiger partial charge in [-0.1, -0.05) is 109 Å². The van der Waals surface area contributed by atoms with Crippen LogP contribution < -0.4 is 0 Å². The Hall–Kier alpha value is -6.42. The quantitative estimate of drug-likeness (QED) is 0.123. The molecule has 0 amide bonds. The molecule has 0 fully saturated rings. The number of allylic oxidation sites excluding steroid dienone is 2. The Bertz CT molecular complexity index is 2740. The van der Waals surface area contributed by atoms with Crippen LogP contribution in [0.3, 0.4) is 0 Å². The number of hydrogen-bond donors (Lipinski definition) is 0. The lowest BCUT2D eigenvalue weighted by Gasteiger charge is -2.13. The van der Waals surface area contributed by atoms with Crippen LogP contribution in [0.25, 0.3) is 77.4 Å². The Morgan fingerprint density at radius 3 is 1.60 bits per heavy atom. The lowest BCUT2D eigenvalue weighted by atomic mass is 9.92. The van der Waals surface area contributed by atoms with Crippen molar-refractivity contribution in [3.8, 4) is 22.3 Å². The fourth-order valence-electron chi connectivity index (χ4n) is 6.93. The molecule has 7 aromatic carbocycles. The molecule has 0 aliphatic carbocycles. The molecule has 0 unspecified atom stereocenters. The van der Waals surface area contributed by atoms with Crippen LogP contribution in [-0.2, 0) is 0 Å². The monoisotopic (exact) mass is 689 g/mol. The van der Waals surface area contributed by atoms with Crippen molar-refractivity contribution in [2.24, 2.45) is 4.99 Å². The first-order valence-electron chi connectivity index (χ1n) is 17.2. The van der Waals surface area contributed by atoms with Crippen molar-refractivity contribution in [3.05, 3.63) is 192 Å². The zero-order chi connectivity index (χ0) is 35.2. The fourth-order valence-corrected chi connectivity index (χ4v) is 7.06. The van der Waals surface area contributed by atoms with E-state index in [1.54, 1.807) is 0 Å². The third kappa shape index (κ3) is 5.91. The predicted molar refractivity (Wildman–Crippen MR) is 219 cm³/mol. The van der Waals surface area contributed by atoms with Crippen molar-refractivity contribution in [2.75, 3.05) is 0 Å². The van der Waals surface area contributed by atoms with E-state index in [0.717, 1.165) is 99.8 Å². The molecular weight excluding hydrogens is 658 g/mol. The first-order valence-corrected chi connectivity index (χ1v) is 17.6. The van der Waals surface area contributed by atoms with E-state index >= 15 is 0 Å². The number of para-hydroxylation sites is 2. The molecule has 52 heavy (non-hydrogen) atoms. The summed E-state index contributed by atoms with van der Waals surface area (Å²) in [7, 11) is 0. The number of hydrogen-bond acceptors (Lipinski definition) is 3. The van der Waals surface area contributed by atoms with Crippen molar-refractivity contribution < 1.29 is 8.83 Å². The van der Waals surface area contributed by atoms with Gasteiger partial charge in [0.15, 0.2) is 0 Å². The van der Waals surface area contributed by atoms with Crippen LogP contribution >= 0.6 is 11.6 Å². The zero-order valence-corrected chi connectivity index (χ0v) is 29.2. The Kier molecular flexibility index (Phi) is 7.91. The molecule has 0 radical (unpaired) electrons. The lowest BCUT2D eigenvalue weighted by molar-refractivity contribution is 0.668. The lowest BCUT2D eigenvalue weighted by Crippen LogP contribution is -1.96. The Labute approximate surface area is 306 Å². The van der Waals surface area contributed by atoms with E-state index in [9.17, 15) is 0 Å². The molecular formula is C48H32ClNO2. The summed E-state index contributed by atoms with van der Waals surface area (Å²) in [5, 5.41) is 5.04. The third-order valence-corrected chi connectivity index (χ3v) is 9.91. The van der Waals surface area contributed by atoms with Crippen LogP contribution in [0.5, 0.6) is 0 Å². The van der Waals surface area contributed by atoms with Crippen LogP contribution in [0, 0.1) is 0 Å². The summed E-state index contributed by atoms with van der Waals surface area (Å²) in [6.07, 6.45) is 2.07. The minimum Gasteiger partial charge on any atom is -0.456 e. The van der Waals surface area contributed by atoms with E-state index < -0.39 is 0 Å². The maximum absolute atomic E-state index is 6.31. The molecule has 0 spiro atoms. The second kappa shape index (κ2) is 13.0. The van der Waals surface area contributed by atoms with Crippen molar-refractivity contribution in [1.29, 1.82) is 0 Å². The molecule has 3 nitrogen and oxygen atoms in total. The van der Waals surface area contributed by atoms with Crippen molar-refractivity contribution >= 4 is 72.5 Å². The maximum atomic E-state index is 6.31. The molecule has 0 saturated heterocycles. The summed E-state index contributed by atoms with van der Waals surface area (Å²) in [5.74, 6) is 0. The van der Waals surface area contributed by atoms with Gasteiger partial charge in [-0.15, -0.1) is 0 Å². The Morgan fingerprint density at radius 1 is 0.500 bits per heavy atom. The van der Waals surface area contributed by atoms with E-state index in [4.69, 9.17) is 25.4 Å². The normalized spacial score (nSPS) is 12.3. The van der Waals surface area contributed by atoms with Gasteiger partial charge in [0, 0.05) is 37.8 Å². The molecule has 248 valence electrons. The second-order valence-corrected chi connectivity index (χ2v) is 13.5. The highest BCUT2D eigenvalue weighted by molar-refractivity contribution is 6.30. The summed E-state index contributed by atoms with van der Waals surface area (Å²) in [6.45, 7) is 6.65. The Balaban J connectivity index is 1.22. The van der Waals surface area contributed by atoms with E-state index in [1.165, 1.54) is 0 Å². The second-order valence-electron chi connectivity index (χ2n) is 13.0. The SMILES string of the molecule is C=C(/C=C(\N=C(C)c1ccccc1)c1ccc(Cl)cc1)c1cc(-c2ccc3oc4ccccc4c3c2)cc(-c2ccc3oc4ccccc4c3c2)c1. The molecule has 0 atom stereocenters. The highest BCUT2D eigenvalue weighted by Crippen LogP contribution is 2.38. The summed E-state index contributed by atoms with van der Waals surface area (Å²) in [5.41, 5.74) is 13.3. The number of halogens is 1. The van der Waals surface area contributed by atoms with Crippen LogP contribution in [0.2, 0.25) is 5.02 Å². The molecule has 0 aliphatic rings. The van der Waals surface area contributed by atoms with Crippen LogP contribution in [0.1, 0.15) is 23.6 Å². The minimum absolute atomic E-state index is 0.674. The highest BCUT2D eigenvalue weighted by Gasteiger charge is 2.14. The van der Waals surface area contributed by atoms with Gasteiger partial charge in [0.05, 0.1) is 5.70 Å². The zero-order valence-electron chi connectivity index (χ0n) is 28.4. The number of aliphatic imine (C=N–C) groups is 1. The van der Waals surface area contributed by atoms with Gasteiger partial charge in [-0.05, 0) is 119 Å². The maximum Gasteiger partial charge on any atom is 0.135 e. The average molecular weight is 690 g/mol. The van der Waals surface area contributed by atoms with Gasteiger partial charge in [-0.25, -0.2) is 0 Å². The van der Waals surface area contributed by atoms with E-state index in [0.29, 0.717) is 5.02 Å². The number of fused-ring (bicyclic) bond motifs is 6. The number of benzene rings is 7. The van der Waals surface area contributed by atoms with E-state index in [-0.39, 0.29) is 0 Å². The fraction of sp³-hybridized carbons (Fsp3) is 0.0208. The molecule has 4 heteroatoms. The van der Waals surface area contributed by atoms with Gasteiger partial charge in [0.25, 0.3) is 0 Å². The van der Waals surface area contributed by atoms with Gasteiger partial charge in [-0.2, -0.15) is 0 Å². The first-order chi connectivity index (χ1) is 25.5. The van der Waals surface area contributed by atoms with Crippen molar-refractivity contribution in [2.45, 2.75) is 6.92 Å². The molecule has 2 aromatic heterocycles. The molecule has 9 rings (SSSR count). The number of furan rings is 2. The summed E-state index contributed by atoms with van der Waals surface area (Å²) in [6, 6.07) is 53.9. The van der Waals surface area contributed by atoms with Crippen LogP contribution in [-0.4, -0.2) is 5.71 Å². The molecule has 0 bridgehead atoms. The van der Waals surface area contributed by atoms with Gasteiger partial charge >= 0.3 is 0 Å². The molecule has 0 N–H and O–H groups in total. The number of nitrogens with zero attached hydrogens (tertiary/aromatic N) is 1. The molecule has 2 heterocycles. The average Bonchev–Trinajstić information content (AvgIpc) is 3.75. The van der Waals surface area contributed by atoms with Crippen molar-refractivity contribution in [3.63, 3.8) is 0 Å². The summed E-state index contributed by atoms with van der Waals surface area (Å²) < 4.78 is 12.3. The largest absolute Gasteiger partial charge is 0.456 e. The van der Waals surface area contributed by atoms with Crippen LogP contribution in [0.4, 0.5) is 0 Å². The van der Waals surface area contributed by atoms with E-state index in [1.807, 2.05) is 73.7 Å². The summed E-state index contributed by atoms with van der Waals surface area (Å²) >= 11 is 6.31. The summed E-state index contributed by atoms with van der Waals surface area (Å²) in [4.78, 5) is 5.14. The van der Waals surface area contributed by atoms with E-state index in [2.05, 4.69) is 104 Å². The molecule has 9 aromatic rings. The predicted octanol–water partition coefficient (Wildman–Crippen LogP) is 14.0. The number of rotatable bonds is 7. The molecule has 0 aliphatic heterocycles. The van der Waals surface area contributed by atoms with Gasteiger partial charge < -0.3 is 8.83 Å². The smallest absolute Gasteiger partial charge is 0.135 e. The first kappa shape index (κ1) is 31.6. The Morgan fingerprint density at radius 2 is 1.02 bits per heavy atom. The van der Waals surface area contributed by atoms with Crippen LogP contribution in [0.15, 0.2) is 184 Å². The van der Waals surface area contributed by atoms with Gasteiger partial charge in [-0.3, -0.25) is 4.99 Å². The topological polar surface area (TPSA) is 38.6 Å². The van der Waals surface area contributed by atoms with Crippen molar-refractivity contribution in [1.82, 2.24) is 0 Å². The third-order valence-electron chi connectivity index (χ3n) is 9.65. The standard InChI is InChI=1S/C48H32ClNO2/c1-30(24-44(33-16-20-39(49)21-17-33)50-31(2)32-10-4-3-5-11-32)36-25-37(34-18-22-47-42(28-34)40-12-6-8-14-45(40)51-47)27-38(26-36)35-19-23-48-43(29-35)41-13-7-9-15-46(41)52-48/h3-29H,1H2,2H3/b44-24-,50-31?. The highest BCUT2D eigenvalue weighted by atomic mass is 35.5. The minimum atomic E-state index is 0.674. The molecule has 0 saturated carbocycles. The van der Waals surface area contributed by atoms with Gasteiger partial charge in [0.1, 0.15) is 22.3 Å². The van der Waals surface area contributed by atoms with Gasteiger partial charge in [0.2, 0.25) is 0 Å².